The minimum absolute atomic E-state index is 0.0219. The zero-order valence-electron chi connectivity index (χ0n) is 12.3. The van der Waals surface area contributed by atoms with Crippen LogP contribution in [0.25, 0.3) is 0 Å². The molecule has 1 aliphatic rings. The number of amides is 1. The number of nitrogens with two attached hydrogens (primary N) is 1. The lowest BCUT2D eigenvalue weighted by molar-refractivity contribution is -0.130. The zero-order valence-corrected chi connectivity index (χ0v) is 12.3. The lowest BCUT2D eigenvalue weighted by Crippen LogP contribution is -2.44. The second-order valence-corrected chi connectivity index (χ2v) is 5.44. The number of hydrogen-bond donors (Lipinski definition) is 1. The lowest BCUT2D eigenvalue weighted by atomic mass is 9.97. The Morgan fingerprint density at radius 2 is 2.05 bits per heavy atom. The van der Waals surface area contributed by atoms with Crippen molar-refractivity contribution in [3.8, 4) is 0 Å². The highest BCUT2D eigenvalue weighted by atomic mass is 16.2. The summed E-state index contributed by atoms with van der Waals surface area (Å²) in [5.74, 6) is 0.171. The van der Waals surface area contributed by atoms with Gasteiger partial charge in [0.1, 0.15) is 0 Å². The normalized spacial score (nSPS) is 20.6. The molecule has 0 spiro atoms. The fraction of sp³-hybridized carbons (Fsp3) is 0.600. The fourth-order valence-corrected chi connectivity index (χ4v) is 2.76. The third-order valence-corrected chi connectivity index (χ3v) is 4.02. The van der Waals surface area contributed by atoms with Crippen LogP contribution in [0.1, 0.15) is 31.4 Å². The Kier molecular flexibility index (Phi) is 5.09. The van der Waals surface area contributed by atoms with Crippen molar-refractivity contribution in [3.63, 3.8) is 0 Å². The van der Waals surface area contributed by atoms with Crippen molar-refractivity contribution < 1.29 is 4.79 Å². The third kappa shape index (κ3) is 3.35. The first-order valence-corrected chi connectivity index (χ1v) is 7.27. The highest BCUT2D eigenvalue weighted by Gasteiger charge is 2.29. The Bertz CT molecular complexity index is 437. The summed E-state index contributed by atoms with van der Waals surface area (Å²) >= 11 is 0. The summed E-state index contributed by atoms with van der Waals surface area (Å²) in [5, 5.41) is 0. The Morgan fingerprint density at radius 1 is 1.35 bits per heavy atom. The standard InChI is InChI=1S/C15H24N4O/c1-3-13(16)15(12-5-7-17-8-6-12)19-10-4-9-18(2)14(20)11-19/h5-8,13,15H,3-4,9-11,16H2,1-2H3. The van der Waals surface area contributed by atoms with Gasteiger partial charge in [-0.05, 0) is 30.5 Å². The molecule has 5 heteroatoms. The Hall–Kier alpha value is -1.46. The van der Waals surface area contributed by atoms with E-state index in [1.165, 1.54) is 0 Å². The molecule has 2 rings (SSSR count). The minimum atomic E-state index is 0.0219. The molecule has 1 amide bonds. The van der Waals surface area contributed by atoms with Crippen molar-refractivity contribution in [2.45, 2.75) is 31.8 Å². The molecule has 1 saturated heterocycles. The Balaban J connectivity index is 2.24. The van der Waals surface area contributed by atoms with Crippen LogP contribution >= 0.6 is 0 Å². The van der Waals surface area contributed by atoms with Gasteiger partial charge >= 0.3 is 0 Å². The van der Waals surface area contributed by atoms with Gasteiger partial charge in [0.05, 0.1) is 12.6 Å². The van der Waals surface area contributed by atoms with Crippen molar-refractivity contribution in [2.24, 2.45) is 5.73 Å². The molecule has 0 aliphatic carbocycles. The van der Waals surface area contributed by atoms with Crippen LogP contribution in [0, 0.1) is 0 Å². The summed E-state index contributed by atoms with van der Waals surface area (Å²) in [6, 6.07) is 4.10. The predicted octanol–water partition coefficient (Wildman–Crippen LogP) is 1.02. The highest BCUT2D eigenvalue weighted by molar-refractivity contribution is 5.78. The van der Waals surface area contributed by atoms with Crippen LogP contribution in [0.2, 0.25) is 0 Å². The van der Waals surface area contributed by atoms with E-state index in [4.69, 9.17) is 5.73 Å². The first kappa shape index (κ1) is 14.9. The van der Waals surface area contributed by atoms with E-state index in [0.717, 1.165) is 31.5 Å². The van der Waals surface area contributed by atoms with Crippen molar-refractivity contribution >= 4 is 5.91 Å². The molecule has 20 heavy (non-hydrogen) atoms. The van der Waals surface area contributed by atoms with E-state index >= 15 is 0 Å². The molecule has 110 valence electrons. The van der Waals surface area contributed by atoms with Gasteiger partial charge in [0.25, 0.3) is 0 Å². The van der Waals surface area contributed by atoms with Crippen LogP contribution in [0.5, 0.6) is 0 Å². The van der Waals surface area contributed by atoms with Gasteiger partial charge < -0.3 is 10.6 Å². The molecule has 1 aliphatic heterocycles. The first-order valence-electron chi connectivity index (χ1n) is 7.27. The lowest BCUT2D eigenvalue weighted by Gasteiger charge is -2.34. The maximum Gasteiger partial charge on any atom is 0.236 e. The molecule has 1 fully saturated rings. The molecular weight excluding hydrogens is 252 g/mol. The second-order valence-electron chi connectivity index (χ2n) is 5.44. The van der Waals surface area contributed by atoms with Gasteiger partial charge in [0.2, 0.25) is 5.91 Å². The van der Waals surface area contributed by atoms with Crippen molar-refractivity contribution in [2.75, 3.05) is 26.7 Å². The van der Waals surface area contributed by atoms with E-state index < -0.39 is 0 Å². The average molecular weight is 276 g/mol. The molecule has 5 nitrogen and oxygen atoms in total. The molecule has 2 unspecified atom stereocenters. The van der Waals surface area contributed by atoms with Crippen molar-refractivity contribution in [3.05, 3.63) is 30.1 Å². The molecule has 1 aromatic heterocycles. The van der Waals surface area contributed by atoms with Crippen LogP contribution in [-0.4, -0.2) is 53.4 Å². The SMILES string of the molecule is CCC(N)C(c1ccncc1)N1CCCN(C)C(=O)C1. The largest absolute Gasteiger partial charge is 0.345 e. The molecule has 0 saturated carbocycles. The topological polar surface area (TPSA) is 62.5 Å². The zero-order chi connectivity index (χ0) is 14.5. The number of rotatable bonds is 4. The summed E-state index contributed by atoms with van der Waals surface area (Å²) < 4.78 is 0. The van der Waals surface area contributed by atoms with E-state index in [2.05, 4.69) is 16.8 Å². The van der Waals surface area contributed by atoms with E-state index in [0.29, 0.717) is 6.54 Å². The summed E-state index contributed by atoms with van der Waals surface area (Å²) in [5.41, 5.74) is 7.47. The van der Waals surface area contributed by atoms with Crippen LogP contribution in [0.4, 0.5) is 0 Å². The molecule has 0 bridgehead atoms. The highest BCUT2D eigenvalue weighted by Crippen LogP contribution is 2.25. The average Bonchev–Trinajstić information content (AvgIpc) is 2.62. The van der Waals surface area contributed by atoms with Gasteiger partial charge in [0, 0.05) is 38.6 Å². The first-order chi connectivity index (χ1) is 9.63. The molecule has 2 atom stereocenters. The maximum absolute atomic E-state index is 12.1. The molecule has 2 heterocycles. The van der Waals surface area contributed by atoms with Gasteiger partial charge in [-0.1, -0.05) is 6.92 Å². The van der Waals surface area contributed by atoms with Gasteiger partial charge in [-0.25, -0.2) is 0 Å². The fourth-order valence-electron chi connectivity index (χ4n) is 2.76. The van der Waals surface area contributed by atoms with Gasteiger partial charge in [-0.15, -0.1) is 0 Å². The summed E-state index contributed by atoms with van der Waals surface area (Å²) in [4.78, 5) is 20.2. The number of likely N-dealkylation sites (N-methyl/N-ethyl adjacent to an activating group) is 1. The van der Waals surface area contributed by atoms with Crippen LogP contribution in [0.15, 0.2) is 24.5 Å². The smallest absolute Gasteiger partial charge is 0.236 e. The van der Waals surface area contributed by atoms with E-state index in [9.17, 15) is 4.79 Å². The second kappa shape index (κ2) is 6.81. The number of pyridine rings is 1. The van der Waals surface area contributed by atoms with Crippen molar-refractivity contribution in [1.82, 2.24) is 14.8 Å². The number of hydrogen-bond acceptors (Lipinski definition) is 4. The van der Waals surface area contributed by atoms with E-state index in [1.807, 2.05) is 19.2 Å². The van der Waals surface area contributed by atoms with Gasteiger partial charge in [0.15, 0.2) is 0 Å². The molecular formula is C15H24N4O. The van der Waals surface area contributed by atoms with Crippen LogP contribution < -0.4 is 5.73 Å². The number of nitrogens with zero attached hydrogens (tertiary/aromatic N) is 3. The monoisotopic (exact) mass is 276 g/mol. The predicted molar refractivity (Wildman–Crippen MR) is 79.1 cm³/mol. The molecule has 2 N–H and O–H groups in total. The maximum atomic E-state index is 12.1. The third-order valence-electron chi connectivity index (χ3n) is 4.02. The van der Waals surface area contributed by atoms with Crippen LogP contribution in [0.3, 0.4) is 0 Å². The summed E-state index contributed by atoms with van der Waals surface area (Å²) in [6.45, 7) is 4.25. The van der Waals surface area contributed by atoms with Gasteiger partial charge in [-0.3, -0.25) is 14.7 Å². The van der Waals surface area contributed by atoms with E-state index in [1.54, 1.807) is 17.3 Å². The van der Waals surface area contributed by atoms with Crippen molar-refractivity contribution in [1.29, 1.82) is 0 Å². The number of carbonyl (C=O) groups is 1. The number of aromatic nitrogens is 1. The molecule has 0 aromatic carbocycles. The minimum Gasteiger partial charge on any atom is -0.345 e. The van der Waals surface area contributed by atoms with Crippen LogP contribution in [-0.2, 0) is 4.79 Å². The summed E-state index contributed by atoms with van der Waals surface area (Å²) in [6.07, 6.45) is 5.45. The quantitative estimate of drug-likeness (QED) is 0.892. The van der Waals surface area contributed by atoms with Gasteiger partial charge in [-0.2, -0.15) is 0 Å². The molecule has 1 aromatic rings. The molecule has 0 radical (unpaired) electrons. The Morgan fingerprint density at radius 3 is 2.70 bits per heavy atom. The summed E-state index contributed by atoms with van der Waals surface area (Å²) in [7, 11) is 1.87. The Labute approximate surface area is 120 Å². The van der Waals surface area contributed by atoms with E-state index in [-0.39, 0.29) is 18.0 Å². The number of carbonyl (C=O) groups excluding carboxylic acids is 1.